The van der Waals surface area contributed by atoms with Gasteiger partial charge in [-0.15, -0.1) is 0 Å². The number of hydrogen-bond acceptors (Lipinski definition) is 4. The van der Waals surface area contributed by atoms with Crippen LogP contribution in [0.1, 0.15) is 35.7 Å². The van der Waals surface area contributed by atoms with Gasteiger partial charge in [0.25, 0.3) is 0 Å². The maximum atomic E-state index is 13.3. The van der Waals surface area contributed by atoms with Crippen molar-refractivity contribution in [3.8, 4) is 0 Å². The summed E-state index contributed by atoms with van der Waals surface area (Å²) in [6.07, 6.45) is -1.08. The molecule has 4 nitrogen and oxygen atoms in total. The summed E-state index contributed by atoms with van der Waals surface area (Å²) in [4.78, 5) is 14.4. The van der Waals surface area contributed by atoms with Crippen molar-refractivity contribution in [2.45, 2.75) is 25.5 Å². The Morgan fingerprint density at radius 2 is 2.29 bits per heavy atom. The fourth-order valence-corrected chi connectivity index (χ4v) is 3.94. The largest absolute Gasteiger partial charge is 0.464 e. The number of thioether (sulfide) groups is 1. The molecular formula is C18H20FNO3S. The van der Waals surface area contributed by atoms with Gasteiger partial charge < -0.3 is 14.4 Å². The van der Waals surface area contributed by atoms with Crippen molar-refractivity contribution in [1.29, 1.82) is 0 Å². The van der Waals surface area contributed by atoms with E-state index in [-0.39, 0.29) is 18.4 Å². The maximum Gasteiger partial charge on any atom is 0.226 e. The van der Waals surface area contributed by atoms with E-state index >= 15 is 0 Å². The molecule has 24 heavy (non-hydrogen) atoms. The van der Waals surface area contributed by atoms with Crippen LogP contribution in [0.2, 0.25) is 0 Å². The van der Waals surface area contributed by atoms with Gasteiger partial charge in [-0.25, -0.2) is 4.39 Å². The van der Waals surface area contributed by atoms with Gasteiger partial charge in [0.1, 0.15) is 17.3 Å². The summed E-state index contributed by atoms with van der Waals surface area (Å²) < 4.78 is 19.0. The van der Waals surface area contributed by atoms with Crippen LogP contribution in [0.4, 0.5) is 4.39 Å². The van der Waals surface area contributed by atoms with E-state index in [1.807, 2.05) is 19.1 Å². The van der Waals surface area contributed by atoms with Crippen LogP contribution in [0, 0.1) is 12.7 Å². The van der Waals surface area contributed by atoms with Gasteiger partial charge in [0.15, 0.2) is 0 Å². The van der Waals surface area contributed by atoms with Crippen molar-refractivity contribution in [2.75, 3.05) is 18.1 Å². The average Bonchev–Trinajstić information content (AvgIpc) is 3.01. The Morgan fingerprint density at radius 3 is 3.00 bits per heavy atom. The van der Waals surface area contributed by atoms with Crippen LogP contribution in [0.5, 0.6) is 0 Å². The van der Waals surface area contributed by atoms with E-state index in [2.05, 4.69) is 0 Å². The molecule has 6 heteroatoms. The highest BCUT2D eigenvalue weighted by Crippen LogP contribution is 2.32. The van der Waals surface area contributed by atoms with Crippen LogP contribution in [0.3, 0.4) is 0 Å². The van der Waals surface area contributed by atoms with Crippen molar-refractivity contribution in [1.82, 2.24) is 4.90 Å². The van der Waals surface area contributed by atoms with E-state index in [9.17, 15) is 14.3 Å². The number of aryl methyl sites for hydroxylation is 1. The van der Waals surface area contributed by atoms with E-state index in [1.165, 1.54) is 18.2 Å². The summed E-state index contributed by atoms with van der Waals surface area (Å²) >= 11 is 1.78. The van der Waals surface area contributed by atoms with Crippen molar-refractivity contribution < 1.29 is 18.7 Å². The van der Waals surface area contributed by atoms with Crippen LogP contribution in [-0.4, -0.2) is 34.0 Å². The van der Waals surface area contributed by atoms with Crippen LogP contribution < -0.4 is 0 Å². The fourth-order valence-electron chi connectivity index (χ4n) is 2.88. The first kappa shape index (κ1) is 17.0. The number of carbonyl (C=O) groups excluding carboxylic acids is 1. The molecule has 0 bridgehead atoms. The molecule has 2 heterocycles. The second kappa shape index (κ2) is 7.40. The second-order valence-corrected chi connectivity index (χ2v) is 7.05. The number of benzene rings is 1. The number of hydrogen-bond donors (Lipinski definition) is 1. The second-order valence-electron chi connectivity index (χ2n) is 5.90. The van der Waals surface area contributed by atoms with Crippen LogP contribution >= 0.6 is 11.8 Å². The Hall–Kier alpha value is -1.79. The van der Waals surface area contributed by atoms with Gasteiger partial charge in [-0.05, 0) is 36.8 Å². The van der Waals surface area contributed by atoms with E-state index in [1.54, 1.807) is 22.7 Å². The van der Waals surface area contributed by atoms with Crippen molar-refractivity contribution in [3.05, 3.63) is 59.3 Å². The predicted molar refractivity (Wildman–Crippen MR) is 91.2 cm³/mol. The molecular weight excluding hydrogens is 329 g/mol. The van der Waals surface area contributed by atoms with Gasteiger partial charge in [0.2, 0.25) is 5.91 Å². The number of aliphatic hydroxyl groups excluding tert-OH is 1. The lowest BCUT2D eigenvalue weighted by atomic mass is 10.0. The topological polar surface area (TPSA) is 53.7 Å². The molecule has 0 radical (unpaired) electrons. The third-order valence-corrected chi connectivity index (χ3v) is 5.16. The normalized spacial score (nSPS) is 19.3. The van der Waals surface area contributed by atoms with Gasteiger partial charge in [0, 0.05) is 18.1 Å². The molecule has 2 unspecified atom stereocenters. The third kappa shape index (κ3) is 3.82. The zero-order valence-electron chi connectivity index (χ0n) is 13.4. The molecule has 2 aromatic rings. The van der Waals surface area contributed by atoms with E-state index in [0.717, 1.165) is 23.0 Å². The number of carbonyl (C=O) groups is 1. The Kier molecular flexibility index (Phi) is 5.26. The lowest BCUT2D eigenvalue weighted by Gasteiger charge is -2.34. The van der Waals surface area contributed by atoms with Gasteiger partial charge in [-0.2, -0.15) is 11.8 Å². The number of amides is 1. The molecule has 1 saturated heterocycles. The number of halogens is 1. The average molecular weight is 349 g/mol. The molecule has 1 N–H and O–H groups in total. The van der Waals surface area contributed by atoms with Crippen molar-refractivity contribution in [3.63, 3.8) is 0 Å². The predicted octanol–water partition coefficient (Wildman–Crippen LogP) is 3.47. The molecule has 128 valence electrons. The number of furan rings is 1. The van der Waals surface area contributed by atoms with Crippen molar-refractivity contribution in [2.24, 2.45) is 0 Å². The van der Waals surface area contributed by atoms with Gasteiger partial charge in [-0.1, -0.05) is 12.1 Å². The molecule has 0 saturated carbocycles. The Balaban J connectivity index is 1.72. The third-order valence-electron chi connectivity index (χ3n) is 4.14. The lowest BCUT2D eigenvalue weighted by Crippen LogP contribution is -2.41. The standard InChI is InChI=1S/C18H20FNO3S/c1-12-5-6-17(23-12)15-11-24-8-7-20(15)18(22)10-16(21)13-3-2-4-14(19)9-13/h2-6,9,15-16,21H,7-8,10-11H2,1H3. The molecule has 1 amide bonds. The molecule has 1 aliphatic heterocycles. The minimum Gasteiger partial charge on any atom is -0.464 e. The molecule has 1 aromatic carbocycles. The SMILES string of the molecule is Cc1ccc(C2CSCCN2C(=O)CC(O)c2cccc(F)c2)o1. The molecule has 0 aliphatic carbocycles. The molecule has 1 aliphatic rings. The smallest absolute Gasteiger partial charge is 0.226 e. The summed E-state index contributed by atoms with van der Waals surface area (Å²) in [7, 11) is 0. The number of rotatable bonds is 4. The van der Waals surface area contributed by atoms with E-state index in [4.69, 9.17) is 4.42 Å². The van der Waals surface area contributed by atoms with Crippen LogP contribution in [0.25, 0.3) is 0 Å². The lowest BCUT2D eigenvalue weighted by molar-refractivity contribution is -0.135. The molecule has 0 spiro atoms. The monoisotopic (exact) mass is 349 g/mol. The molecule has 2 atom stereocenters. The maximum absolute atomic E-state index is 13.3. The fraction of sp³-hybridized carbons (Fsp3) is 0.389. The molecule has 1 fully saturated rings. The Labute approximate surface area is 144 Å². The number of aliphatic hydroxyl groups is 1. The minimum absolute atomic E-state index is 0.0652. The van der Waals surface area contributed by atoms with Gasteiger partial charge in [-0.3, -0.25) is 4.79 Å². The quantitative estimate of drug-likeness (QED) is 0.918. The first-order chi connectivity index (χ1) is 11.5. The van der Waals surface area contributed by atoms with E-state index in [0.29, 0.717) is 12.1 Å². The highest BCUT2D eigenvalue weighted by Gasteiger charge is 2.31. The van der Waals surface area contributed by atoms with Gasteiger partial charge in [0.05, 0.1) is 18.6 Å². The summed E-state index contributed by atoms with van der Waals surface area (Å²) in [6, 6.07) is 9.40. The minimum atomic E-state index is -1.01. The van der Waals surface area contributed by atoms with Crippen LogP contribution in [-0.2, 0) is 4.79 Å². The van der Waals surface area contributed by atoms with E-state index < -0.39 is 11.9 Å². The van der Waals surface area contributed by atoms with Crippen molar-refractivity contribution >= 4 is 17.7 Å². The Morgan fingerprint density at radius 1 is 1.46 bits per heavy atom. The van der Waals surface area contributed by atoms with Crippen LogP contribution in [0.15, 0.2) is 40.8 Å². The summed E-state index contributed by atoms with van der Waals surface area (Å²) in [5.41, 5.74) is 0.417. The summed E-state index contributed by atoms with van der Waals surface area (Å²) in [5.74, 6) is 2.65. The highest BCUT2D eigenvalue weighted by atomic mass is 32.2. The number of nitrogens with zero attached hydrogens (tertiary/aromatic N) is 1. The zero-order chi connectivity index (χ0) is 17.1. The Bertz CT molecular complexity index is 718. The highest BCUT2D eigenvalue weighted by molar-refractivity contribution is 7.99. The molecule has 1 aromatic heterocycles. The molecule has 3 rings (SSSR count). The first-order valence-electron chi connectivity index (χ1n) is 7.91. The first-order valence-corrected chi connectivity index (χ1v) is 9.07. The van der Waals surface area contributed by atoms with Gasteiger partial charge >= 0.3 is 0 Å². The summed E-state index contributed by atoms with van der Waals surface area (Å²) in [5, 5.41) is 10.3. The zero-order valence-corrected chi connectivity index (χ0v) is 14.3. The summed E-state index contributed by atoms with van der Waals surface area (Å²) in [6.45, 7) is 2.49.